The first-order valence-electron chi connectivity index (χ1n) is 6.97. The Labute approximate surface area is 123 Å². The Morgan fingerprint density at radius 1 is 1.48 bits per heavy atom. The van der Waals surface area contributed by atoms with Crippen LogP contribution in [-0.4, -0.2) is 44.5 Å². The van der Waals surface area contributed by atoms with Crippen molar-refractivity contribution in [3.8, 4) is 5.75 Å². The predicted octanol–water partition coefficient (Wildman–Crippen LogP) is 0.837. The van der Waals surface area contributed by atoms with Gasteiger partial charge < -0.3 is 10.5 Å². The van der Waals surface area contributed by atoms with Crippen molar-refractivity contribution in [3.05, 3.63) is 29.1 Å². The van der Waals surface area contributed by atoms with Gasteiger partial charge in [-0.15, -0.1) is 0 Å². The number of hydrogen-bond acceptors (Lipinski definition) is 5. The Hall–Kier alpha value is -1.18. The zero-order chi connectivity index (χ0) is 15.2. The van der Waals surface area contributed by atoms with Gasteiger partial charge in [0, 0.05) is 36.8 Å². The largest absolute Gasteiger partial charge is 0.497 e. The fourth-order valence-electron chi connectivity index (χ4n) is 3.37. The van der Waals surface area contributed by atoms with Gasteiger partial charge in [-0.3, -0.25) is 4.90 Å². The second kappa shape index (κ2) is 5.23. The summed E-state index contributed by atoms with van der Waals surface area (Å²) in [5.74, 6) is 0.487. The van der Waals surface area contributed by atoms with Gasteiger partial charge in [0.15, 0.2) is 9.84 Å². The van der Waals surface area contributed by atoms with Gasteiger partial charge in [-0.1, -0.05) is 0 Å². The summed E-state index contributed by atoms with van der Waals surface area (Å²) in [6.07, 6.45) is 0.589. The molecule has 0 aromatic heterocycles. The molecule has 0 radical (unpaired) electrons. The van der Waals surface area contributed by atoms with Crippen LogP contribution in [0, 0.1) is 5.82 Å². The SMILES string of the molecule is COc1cc(F)c2c(c1)C(CN)N(C1CCS(=O)(=O)C1)C2. The second-order valence-corrected chi connectivity index (χ2v) is 7.89. The van der Waals surface area contributed by atoms with E-state index in [0.717, 1.165) is 5.56 Å². The summed E-state index contributed by atoms with van der Waals surface area (Å²) in [7, 11) is -1.48. The summed E-state index contributed by atoms with van der Waals surface area (Å²) >= 11 is 0. The molecule has 2 heterocycles. The zero-order valence-electron chi connectivity index (χ0n) is 11.9. The number of nitrogens with zero attached hydrogens (tertiary/aromatic N) is 1. The summed E-state index contributed by atoms with van der Waals surface area (Å²) in [6, 6.07) is 2.94. The lowest BCUT2D eigenvalue weighted by Crippen LogP contribution is -2.37. The van der Waals surface area contributed by atoms with Crippen LogP contribution in [0.1, 0.15) is 23.6 Å². The number of methoxy groups -OCH3 is 1. The minimum absolute atomic E-state index is 0.0821. The molecule has 5 nitrogen and oxygen atoms in total. The number of nitrogens with two attached hydrogens (primary N) is 1. The van der Waals surface area contributed by atoms with Crippen LogP contribution in [0.3, 0.4) is 0 Å². The number of halogens is 1. The molecule has 0 bridgehead atoms. The molecule has 3 rings (SSSR count). The molecule has 2 aliphatic rings. The van der Waals surface area contributed by atoms with Gasteiger partial charge in [-0.2, -0.15) is 0 Å². The molecule has 1 fully saturated rings. The number of rotatable bonds is 3. The quantitative estimate of drug-likeness (QED) is 0.895. The molecule has 7 heteroatoms. The van der Waals surface area contributed by atoms with Crippen LogP contribution >= 0.6 is 0 Å². The number of ether oxygens (including phenoxy) is 1. The monoisotopic (exact) mass is 314 g/mol. The van der Waals surface area contributed by atoms with Crippen LogP contribution in [0.15, 0.2) is 12.1 Å². The molecule has 2 unspecified atom stereocenters. The third-order valence-electron chi connectivity index (χ3n) is 4.44. The van der Waals surface area contributed by atoms with Crippen molar-refractivity contribution in [1.82, 2.24) is 4.90 Å². The average Bonchev–Trinajstić information content (AvgIpc) is 2.98. The van der Waals surface area contributed by atoms with Crippen molar-refractivity contribution in [2.75, 3.05) is 25.2 Å². The molecule has 1 aromatic rings. The smallest absolute Gasteiger partial charge is 0.151 e. The molecule has 1 aromatic carbocycles. The fraction of sp³-hybridized carbons (Fsp3) is 0.571. The van der Waals surface area contributed by atoms with Crippen LogP contribution in [0.5, 0.6) is 5.75 Å². The molecule has 2 atom stereocenters. The van der Waals surface area contributed by atoms with Gasteiger partial charge in [0.25, 0.3) is 0 Å². The summed E-state index contributed by atoms with van der Waals surface area (Å²) in [6.45, 7) is 0.739. The van der Waals surface area contributed by atoms with Crippen LogP contribution in [0.4, 0.5) is 4.39 Å². The highest BCUT2D eigenvalue weighted by Gasteiger charge is 2.40. The molecule has 1 saturated heterocycles. The van der Waals surface area contributed by atoms with Crippen molar-refractivity contribution in [2.24, 2.45) is 5.73 Å². The topological polar surface area (TPSA) is 72.6 Å². The van der Waals surface area contributed by atoms with Crippen LogP contribution in [0.2, 0.25) is 0 Å². The van der Waals surface area contributed by atoms with Gasteiger partial charge in [0.2, 0.25) is 0 Å². The molecule has 2 N–H and O–H groups in total. The van der Waals surface area contributed by atoms with Gasteiger partial charge in [-0.05, 0) is 18.1 Å². The Balaban J connectivity index is 1.95. The lowest BCUT2D eigenvalue weighted by atomic mass is 10.0. The number of hydrogen-bond donors (Lipinski definition) is 1. The number of fused-ring (bicyclic) bond motifs is 1. The van der Waals surface area contributed by atoms with E-state index in [2.05, 4.69) is 0 Å². The van der Waals surface area contributed by atoms with E-state index in [1.807, 2.05) is 4.90 Å². The maximum atomic E-state index is 14.2. The van der Waals surface area contributed by atoms with Crippen molar-refractivity contribution >= 4 is 9.84 Å². The van der Waals surface area contributed by atoms with Crippen molar-refractivity contribution in [2.45, 2.75) is 25.0 Å². The molecular formula is C14H19FN2O3S. The summed E-state index contributed by atoms with van der Waals surface area (Å²) in [5.41, 5.74) is 7.29. The van der Waals surface area contributed by atoms with Crippen molar-refractivity contribution in [3.63, 3.8) is 0 Å². The summed E-state index contributed by atoms with van der Waals surface area (Å²) in [4.78, 5) is 2.03. The first kappa shape index (κ1) is 14.7. The molecule has 0 spiro atoms. The lowest BCUT2D eigenvalue weighted by Gasteiger charge is -2.29. The second-order valence-electron chi connectivity index (χ2n) is 5.66. The minimum Gasteiger partial charge on any atom is -0.497 e. The highest BCUT2D eigenvalue weighted by molar-refractivity contribution is 7.91. The van der Waals surface area contributed by atoms with Crippen molar-refractivity contribution in [1.29, 1.82) is 0 Å². The Kier molecular flexibility index (Phi) is 3.67. The van der Waals surface area contributed by atoms with Gasteiger partial charge in [0.1, 0.15) is 11.6 Å². The first-order valence-corrected chi connectivity index (χ1v) is 8.80. The number of benzene rings is 1. The lowest BCUT2D eigenvalue weighted by molar-refractivity contribution is 0.163. The van der Waals surface area contributed by atoms with E-state index in [0.29, 0.717) is 30.8 Å². The maximum Gasteiger partial charge on any atom is 0.151 e. The first-order chi connectivity index (χ1) is 9.95. The van der Waals surface area contributed by atoms with E-state index in [9.17, 15) is 12.8 Å². The summed E-state index contributed by atoms with van der Waals surface area (Å²) in [5, 5.41) is 0. The fourth-order valence-corrected chi connectivity index (χ4v) is 5.11. The molecule has 21 heavy (non-hydrogen) atoms. The van der Waals surface area contributed by atoms with Gasteiger partial charge in [-0.25, -0.2) is 12.8 Å². The van der Waals surface area contributed by atoms with Crippen LogP contribution in [-0.2, 0) is 16.4 Å². The molecule has 0 amide bonds. The summed E-state index contributed by atoms with van der Waals surface area (Å²) < 4.78 is 42.7. The van der Waals surface area contributed by atoms with Gasteiger partial charge >= 0.3 is 0 Å². The molecule has 0 aliphatic carbocycles. The highest BCUT2D eigenvalue weighted by atomic mass is 32.2. The average molecular weight is 314 g/mol. The Bertz CT molecular complexity index is 662. The molecular weight excluding hydrogens is 295 g/mol. The molecule has 2 aliphatic heterocycles. The zero-order valence-corrected chi connectivity index (χ0v) is 12.7. The normalized spacial score (nSPS) is 27.8. The van der Waals surface area contributed by atoms with E-state index in [4.69, 9.17) is 10.5 Å². The third-order valence-corrected chi connectivity index (χ3v) is 6.19. The van der Waals surface area contributed by atoms with Crippen LogP contribution in [0.25, 0.3) is 0 Å². The number of sulfone groups is 1. The van der Waals surface area contributed by atoms with E-state index < -0.39 is 9.84 Å². The minimum atomic E-state index is -2.98. The molecule has 116 valence electrons. The van der Waals surface area contributed by atoms with E-state index >= 15 is 0 Å². The van der Waals surface area contributed by atoms with Crippen molar-refractivity contribution < 1.29 is 17.5 Å². The van der Waals surface area contributed by atoms with E-state index in [1.54, 1.807) is 6.07 Å². The van der Waals surface area contributed by atoms with Crippen LogP contribution < -0.4 is 10.5 Å². The standard InChI is InChI=1S/C14H19FN2O3S/c1-20-10-4-11-12(13(15)5-10)7-17(14(11)6-16)9-2-3-21(18,19)8-9/h4-5,9,14H,2-3,6-8,16H2,1H3. The Morgan fingerprint density at radius 3 is 2.81 bits per heavy atom. The third kappa shape index (κ3) is 2.54. The van der Waals surface area contributed by atoms with E-state index in [-0.39, 0.29) is 29.4 Å². The van der Waals surface area contributed by atoms with Gasteiger partial charge in [0.05, 0.1) is 18.6 Å². The molecule has 0 saturated carbocycles. The predicted molar refractivity (Wildman–Crippen MR) is 77.3 cm³/mol. The Morgan fingerprint density at radius 2 is 2.24 bits per heavy atom. The maximum absolute atomic E-state index is 14.2. The van der Waals surface area contributed by atoms with E-state index in [1.165, 1.54) is 13.2 Å². The highest BCUT2D eigenvalue weighted by Crippen LogP contribution is 2.40.